The average molecular weight is 243 g/mol. The van der Waals surface area contributed by atoms with Crippen molar-refractivity contribution in [2.24, 2.45) is 5.84 Å². The lowest BCUT2D eigenvalue weighted by molar-refractivity contribution is -0.121. The predicted octanol–water partition coefficient (Wildman–Crippen LogP) is 1.80. The predicted molar refractivity (Wildman–Crippen MR) is 63.2 cm³/mol. The summed E-state index contributed by atoms with van der Waals surface area (Å²) in [6.45, 7) is 2.41. The van der Waals surface area contributed by atoms with E-state index in [4.69, 9.17) is 22.2 Å². The number of hydrogen-bond acceptors (Lipinski definition) is 3. The van der Waals surface area contributed by atoms with Crippen LogP contribution in [0.1, 0.15) is 18.4 Å². The van der Waals surface area contributed by atoms with E-state index in [1.807, 2.05) is 19.1 Å². The standard InChI is InChI=1S/C11H15ClN2O2/c1-8-4-5-9(12)7-10(8)16-6-2-3-11(15)14-13/h4-5,7H,2-3,6,13H2,1H3,(H,14,15). The molecule has 0 atom stereocenters. The number of ether oxygens (including phenoxy) is 1. The molecular weight excluding hydrogens is 228 g/mol. The van der Waals surface area contributed by atoms with Crippen molar-refractivity contribution in [1.29, 1.82) is 0 Å². The molecule has 0 fully saturated rings. The first kappa shape index (κ1) is 12.8. The van der Waals surface area contributed by atoms with Gasteiger partial charge in [0.2, 0.25) is 5.91 Å². The molecule has 0 spiro atoms. The molecule has 1 rings (SSSR count). The number of carbonyl (C=O) groups excluding carboxylic acids is 1. The SMILES string of the molecule is Cc1ccc(Cl)cc1OCCCC(=O)NN. The van der Waals surface area contributed by atoms with Crippen molar-refractivity contribution in [3.05, 3.63) is 28.8 Å². The summed E-state index contributed by atoms with van der Waals surface area (Å²) in [5, 5.41) is 0.639. The van der Waals surface area contributed by atoms with Crippen LogP contribution in [-0.4, -0.2) is 12.5 Å². The van der Waals surface area contributed by atoms with Crippen molar-refractivity contribution in [2.75, 3.05) is 6.61 Å². The zero-order valence-corrected chi connectivity index (χ0v) is 9.88. The van der Waals surface area contributed by atoms with Crippen LogP contribution in [0.4, 0.5) is 0 Å². The van der Waals surface area contributed by atoms with Crippen LogP contribution >= 0.6 is 11.6 Å². The van der Waals surface area contributed by atoms with Crippen molar-refractivity contribution in [2.45, 2.75) is 19.8 Å². The molecule has 3 N–H and O–H groups in total. The van der Waals surface area contributed by atoms with E-state index in [1.165, 1.54) is 0 Å². The molecule has 0 saturated carbocycles. The number of hydrogen-bond donors (Lipinski definition) is 2. The number of rotatable bonds is 5. The van der Waals surface area contributed by atoms with Gasteiger partial charge in [-0.15, -0.1) is 0 Å². The van der Waals surface area contributed by atoms with Gasteiger partial charge in [-0.1, -0.05) is 17.7 Å². The van der Waals surface area contributed by atoms with Crippen LogP contribution in [0.15, 0.2) is 18.2 Å². The number of halogens is 1. The second-order valence-corrected chi connectivity index (χ2v) is 3.87. The lowest BCUT2D eigenvalue weighted by Crippen LogP contribution is -2.29. The maximum Gasteiger partial charge on any atom is 0.234 e. The molecule has 1 aromatic rings. The summed E-state index contributed by atoms with van der Waals surface area (Å²) in [6.07, 6.45) is 0.977. The van der Waals surface area contributed by atoms with E-state index in [1.54, 1.807) is 6.07 Å². The van der Waals surface area contributed by atoms with E-state index >= 15 is 0 Å². The Bertz CT molecular complexity index is 369. The largest absolute Gasteiger partial charge is 0.493 e. The summed E-state index contributed by atoms with van der Waals surface area (Å²) in [5.74, 6) is 5.51. The highest BCUT2D eigenvalue weighted by Gasteiger charge is 2.02. The highest BCUT2D eigenvalue weighted by molar-refractivity contribution is 6.30. The summed E-state index contributed by atoms with van der Waals surface area (Å²) in [6, 6.07) is 5.47. The summed E-state index contributed by atoms with van der Waals surface area (Å²) >= 11 is 5.84. The summed E-state index contributed by atoms with van der Waals surface area (Å²) in [7, 11) is 0. The molecule has 0 unspecified atom stereocenters. The van der Waals surface area contributed by atoms with Crippen LogP contribution in [0.2, 0.25) is 5.02 Å². The van der Waals surface area contributed by atoms with Crippen molar-refractivity contribution < 1.29 is 9.53 Å². The van der Waals surface area contributed by atoms with E-state index in [9.17, 15) is 4.79 Å². The Kier molecular flexibility index (Phi) is 5.08. The van der Waals surface area contributed by atoms with Gasteiger partial charge in [-0.2, -0.15) is 0 Å². The van der Waals surface area contributed by atoms with Crippen LogP contribution in [0.25, 0.3) is 0 Å². The van der Waals surface area contributed by atoms with Crippen LogP contribution in [-0.2, 0) is 4.79 Å². The highest BCUT2D eigenvalue weighted by Crippen LogP contribution is 2.22. The quantitative estimate of drug-likeness (QED) is 0.358. The normalized spacial score (nSPS) is 9.94. The smallest absolute Gasteiger partial charge is 0.234 e. The van der Waals surface area contributed by atoms with Crippen molar-refractivity contribution in [3.8, 4) is 5.75 Å². The van der Waals surface area contributed by atoms with E-state index in [-0.39, 0.29) is 5.91 Å². The van der Waals surface area contributed by atoms with Gasteiger partial charge in [0.25, 0.3) is 0 Å². The number of nitrogens with two attached hydrogens (primary N) is 1. The third-order valence-corrected chi connectivity index (χ3v) is 2.35. The average Bonchev–Trinajstić information content (AvgIpc) is 2.28. The second-order valence-electron chi connectivity index (χ2n) is 3.43. The maximum atomic E-state index is 10.8. The summed E-state index contributed by atoms with van der Waals surface area (Å²) in [5.41, 5.74) is 3.09. The van der Waals surface area contributed by atoms with Crippen LogP contribution in [0.5, 0.6) is 5.75 Å². The molecule has 5 heteroatoms. The Morgan fingerprint density at radius 2 is 2.31 bits per heavy atom. The molecule has 1 amide bonds. The Morgan fingerprint density at radius 1 is 1.56 bits per heavy atom. The lowest BCUT2D eigenvalue weighted by atomic mass is 10.2. The minimum atomic E-state index is -0.189. The second kappa shape index (κ2) is 6.35. The van der Waals surface area contributed by atoms with Gasteiger partial charge < -0.3 is 4.74 Å². The molecule has 0 aliphatic rings. The van der Waals surface area contributed by atoms with Gasteiger partial charge in [0, 0.05) is 11.4 Å². The molecule has 4 nitrogen and oxygen atoms in total. The van der Waals surface area contributed by atoms with E-state index in [0.717, 1.165) is 11.3 Å². The highest BCUT2D eigenvalue weighted by atomic mass is 35.5. The fraction of sp³-hybridized carbons (Fsp3) is 0.364. The van der Waals surface area contributed by atoms with Crippen LogP contribution in [0, 0.1) is 6.92 Å². The minimum absolute atomic E-state index is 0.189. The fourth-order valence-electron chi connectivity index (χ4n) is 1.22. The third kappa shape index (κ3) is 4.08. The molecule has 0 bridgehead atoms. The molecular formula is C11H15ClN2O2. The topological polar surface area (TPSA) is 64.3 Å². The molecule has 16 heavy (non-hydrogen) atoms. The first-order valence-corrected chi connectivity index (χ1v) is 5.39. The van der Waals surface area contributed by atoms with Gasteiger partial charge in [-0.3, -0.25) is 10.2 Å². The van der Waals surface area contributed by atoms with Gasteiger partial charge in [0.15, 0.2) is 0 Å². The number of hydrazine groups is 1. The zero-order valence-electron chi connectivity index (χ0n) is 9.13. The molecule has 0 aromatic heterocycles. The molecule has 1 aromatic carbocycles. The minimum Gasteiger partial charge on any atom is -0.493 e. The van der Waals surface area contributed by atoms with Gasteiger partial charge >= 0.3 is 0 Å². The number of carbonyl (C=O) groups is 1. The fourth-order valence-corrected chi connectivity index (χ4v) is 1.38. The number of nitrogens with one attached hydrogen (secondary N) is 1. The number of amides is 1. The summed E-state index contributed by atoms with van der Waals surface area (Å²) in [4.78, 5) is 10.8. The Morgan fingerprint density at radius 3 is 3.00 bits per heavy atom. The molecule has 0 radical (unpaired) electrons. The molecule has 0 aliphatic carbocycles. The number of benzene rings is 1. The van der Waals surface area contributed by atoms with E-state index < -0.39 is 0 Å². The molecule has 88 valence electrons. The van der Waals surface area contributed by atoms with E-state index in [0.29, 0.717) is 24.5 Å². The van der Waals surface area contributed by atoms with Gasteiger partial charge in [-0.05, 0) is 31.0 Å². The first-order valence-electron chi connectivity index (χ1n) is 5.02. The Balaban J connectivity index is 2.37. The third-order valence-electron chi connectivity index (χ3n) is 2.12. The lowest BCUT2D eigenvalue weighted by Gasteiger charge is -2.08. The van der Waals surface area contributed by atoms with Crippen LogP contribution in [0.3, 0.4) is 0 Å². The van der Waals surface area contributed by atoms with Crippen molar-refractivity contribution >= 4 is 17.5 Å². The molecule has 0 saturated heterocycles. The molecule has 0 aliphatic heterocycles. The Hall–Kier alpha value is -1.26. The van der Waals surface area contributed by atoms with Gasteiger partial charge in [-0.25, -0.2) is 5.84 Å². The first-order chi connectivity index (χ1) is 7.63. The van der Waals surface area contributed by atoms with E-state index in [2.05, 4.69) is 5.43 Å². The Labute approximate surface area is 99.7 Å². The zero-order chi connectivity index (χ0) is 12.0. The monoisotopic (exact) mass is 242 g/mol. The van der Waals surface area contributed by atoms with Gasteiger partial charge in [0.1, 0.15) is 5.75 Å². The van der Waals surface area contributed by atoms with Crippen molar-refractivity contribution in [3.63, 3.8) is 0 Å². The summed E-state index contributed by atoms with van der Waals surface area (Å²) < 4.78 is 5.51. The maximum absolute atomic E-state index is 10.8. The van der Waals surface area contributed by atoms with Gasteiger partial charge in [0.05, 0.1) is 6.61 Å². The van der Waals surface area contributed by atoms with Crippen molar-refractivity contribution in [1.82, 2.24) is 5.43 Å². The number of aryl methyl sites for hydroxylation is 1. The van der Waals surface area contributed by atoms with Crippen LogP contribution < -0.4 is 16.0 Å². The molecule has 0 heterocycles.